The smallest absolute Gasteiger partial charge is 0.276 e. The molecule has 0 aromatic carbocycles. The number of ether oxygens (including phenoxy) is 1. The maximum Gasteiger partial charge on any atom is 0.276 e. The zero-order valence-electron chi connectivity index (χ0n) is 13.9. The summed E-state index contributed by atoms with van der Waals surface area (Å²) in [4.78, 5) is 18.8. The van der Waals surface area contributed by atoms with Crippen LogP contribution in [0.15, 0.2) is 18.3 Å². The number of rotatable bonds is 5. The molecule has 0 atom stereocenters. The van der Waals surface area contributed by atoms with Crippen LogP contribution in [0.2, 0.25) is 0 Å². The zero-order chi connectivity index (χ0) is 15.2. The quantitative estimate of drug-likeness (QED) is 0.873. The van der Waals surface area contributed by atoms with E-state index in [0.717, 1.165) is 32.5 Å². The van der Waals surface area contributed by atoms with Gasteiger partial charge in [0.25, 0.3) is 5.91 Å². The van der Waals surface area contributed by atoms with Gasteiger partial charge in [-0.1, -0.05) is 0 Å². The number of amides is 1. The summed E-state index contributed by atoms with van der Waals surface area (Å²) in [6.45, 7) is 6.51. The Balaban J connectivity index is 0.00000242. The monoisotopic (exact) mass is 363 g/mol. The molecule has 0 aliphatic carbocycles. The van der Waals surface area contributed by atoms with Crippen LogP contribution in [0.4, 0.5) is 0 Å². The Labute approximate surface area is 151 Å². The van der Waals surface area contributed by atoms with Crippen molar-refractivity contribution < 1.29 is 9.53 Å². The lowest BCUT2D eigenvalue weighted by atomic mass is 9.96. The molecule has 0 spiro atoms. The number of nitrogens with one attached hydrogen (secondary N) is 1. The van der Waals surface area contributed by atoms with Gasteiger partial charge >= 0.3 is 0 Å². The van der Waals surface area contributed by atoms with Crippen molar-refractivity contribution in [2.45, 2.75) is 32.8 Å². The van der Waals surface area contributed by atoms with Crippen molar-refractivity contribution in [1.29, 1.82) is 0 Å². The summed E-state index contributed by atoms with van der Waals surface area (Å²) >= 11 is 0. The van der Waals surface area contributed by atoms with Crippen LogP contribution in [0.5, 0.6) is 5.75 Å². The molecule has 23 heavy (non-hydrogen) atoms. The normalized spacial score (nSPS) is 14.9. The molecule has 0 saturated carbocycles. The van der Waals surface area contributed by atoms with Crippen molar-refractivity contribution >= 4 is 30.7 Å². The predicted molar refractivity (Wildman–Crippen MR) is 97.1 cm³/mol. The second kappa shape index (κ2) is 10.7. The van der Waals surface area contributed by atoms with Gasteiger partial charge in [0.2, 0.25) is 0 Å². The average molecular weight is 364 g/mol. The molecule has 1 aliphatic heterocycles. The van der Waals surface area contributed by atoms with E-state index in [1.807, 2.05) is 31.9 Å². The molecule has 0 radical (unpaired) electrons. The van der Waals surface area contributed by atoms with Gasteiger partial charge in [-0.3, -0.25) is 4.79 Å². The second-order valence-electron chi connectivity index (χ2n) is 5.81. The third-order valence-corrected chi connectivity index (χ3v) is 3.73. The van der Waals surface area contributed by atoms with Crippen LogP contribution in [0.1, 0.15) is 37.2 Å². The minimum Gasteiger partial charge on any atom is -0.489 e. The zero-order valence-corrected chi connectivity index (χ0v) is 15.6. The van der Waals surface area contributed by atoms with Crippen LogP contribution in [0.25, 0.3) is 0 Å². The lowest BCUT2D eigenvalue weighted by Gasteiger charge is -2.32. The van der Waals surface area contributed by atoms with Crippen molar-refractivity contribution in [3.8, 4) is 5.75 Å². The summed E-state index contributed by atoms with van der Waals surface area (Å²) in [6.07, 6.45) is 3.76. The van der Waals surface area contributed by atoms with Gasteiger partial charge in [0.1, 0.15) is 0 Å². The van der Waals surface area contributed by atoms with Crippen molar-refractivity contribution in [3.63, 3.8) is 0 Å². The first-order valence-electron chi connectivity index (χ1n) is 7.67. The molecule has 7 heteroatoms. The lowest BCUT2D eigenvalue weighted by Crippen LogP contribution is -2.40. The number of nitrogens with zero attached hydrogens (tertiary/aromatic N) is 2. The van der Waals surface area contributed by atoms with Crippen LogP contribution in [-0.4, -0.2) is 48.6 Å². The Morgan fingerprint density at radius 1 is 1.39 bits per heavy atom. The molecular formula is C16H27Cl2N3O2. The predicted octanol–water partition coefficient (Wildman–Crippen LogP) is 2.78. The van der Waals surface area contributed by atoms with Crippen molar-refractivity contribution in [2.75, 3.05) is 26.7 Å². The summed E-state index contributed by atoms with van der Waals surface area (Å²) in [5.74, 6) is 1.22. The van der Waals surface area contributed by atoms with Crippen LogP contribution in [0, 0.1) is 5.92 Å². The highest BCUT2D eigenvalue weighted by Crippen LogP contribution is 2.22. The van der Waals surface area contributed by atoms with Gasteiger partial charge in [-0.15, -0.1) is 24.8 Å². The fourth-order valence-electron chi connectivity index (χ4n) is 2.68. The molecule has 1 fully saturated rings. The van der Waals surface area contributed by atoms with Crippen molar-refractivity contribution in [1.82, 2.24) is 15.2 Å². The number of aromatic nitrogens is 1. The molecule has 1 N–H and O–H groups in total. The van der Waals surface area contributed by atoms with Crippen LogP contribution in [0.3, 0.4) is 0 Å². The molecule has 1 amide bonds. The van der Waals surface area contributed by atoms with Crippen LogP contribution in [-0.2, 0) is 0 Å². The number of likely N-dealkylation sites (tertiary alicyclic amines) is 1. The van der Waals surface area contributed by atoms with Crippen LogP contribution < -0.4 is 10.1 Å². The molecule has 2 heterocycles. The summed E-state index contributed by atoms with van der Waals surface area (Å²) in [5, 5.41) is 3.21. The lowest BCUT2D eigenvalue weighted by molar-refractivity contribution is 0.0678. The van der Waals surface area contributed by atoms with Crippen molar-refractivity contribution in [2.24, 2.45) is 5.92 Å². The van der Waals surface area contributed by atoms with E-state index >= 15 is 0 Å². The summed E-state index contributed by atoms with van der Waals surface area (Å²) in [6, 6.07) is 3.61. The Morgan fingerprint density at radius 2 is 2.04 bits per heavy atom. The topological polar surface area (TPSA) is 54.5 Å². The standard InChI is InChI=1S/C16H25N3O2.2ClH/c1-12(2)21-14-5-4-8-18-15(14)16(20)19-9-6-13(7-10-19)11-17-3;;/h4-5,8,12-13,17H,6-7,9-11H2,1-3H3;2*1H. The highest BCUT2D eigenvalue weighted by molar-refractivity contribution is 5.95. The number of pyridine rings is 1. The molecule has 132 valence electrons. The highest BCUT2D eigenvalue weighted by atomic mass is 35.5. The van der Waals surface area contributed by atoms with Gasteiger partial charge in [-0.25, -0.2) is 4.98 Å². The Morgan fingerprint density at radius 3 is 2.61 bits per heavy atom. The molecule has 0 bridgehead atoms. The van der Waals surface area contributed by atoms with E-state index in [4.69, 9.17) is 4.74 Å². The number of hydrogen-bond donors (Lipinski definition) is 1. The van der Waals surface area contributed by atoms with E-state index in [1.165, 1.54) is 0 Å². The number of carbonyl (C=O) groups excluding carboxylic acids is 1. The molecule has 1 saturated heterocycles. The first-order valence-corrected chi connectivity index (χ1v) is 7.67. The maximum absolute atomic E-state index is 12.6. The second-order valence-corrected chi connectivity index (χ2v) is 5.81. The molecule has 1 aliphatic rings. The number of piperidine rings is 1. The largest absolute Gasteiger partial charge is 0.489 e. The summed E-state index contributed by atoms with van der Waals surface area (Å²) in [7, 11) is 1.97. The van der Waals surface area contributed by atoms with E-state index in [0.29, 0.717) is 17.4 Å². The third kappa shape index (κ3) is 6.16. The minimum absolute atomic E-state index is 0. The third-order valence-electron chi connectivity index (χ3n) is 3.73. The molecule has 5 nitrogen and oxygen atoms in total. The number of hydrogen-bond acceptors (Lipinski definition) is 4. The fraction of sp³-hybridized carbons (Fsp3) is 0.625. The van der Waals surface area contributed by atoms with Crippen molar-refractivity contribution in [3.05, 3.63) is 24.0 Å². The summed E-state index contributed by atoms with van der Waals surface area (Å²) < 4.78 is 5.70. The highest BCUT2D eigenvalue weighted by Gasteiger charge is 2.26. The fourth-order valence-corrected chi connectivity index (χ4v) is 2.68. The first kappa shape index (κ1) is 22.0. The van der Waals surface area contributed by atoms with E-state index in [1.54, 1.807) is 12.3 Å². The van der Waals surface area contributed by atoms with Gasteiger partial charge in [-0.2, -0.15) is 0 Å². The van der Waals surface area contributed by atoms with E-state index < -0.39 is 0 Å². The van der Waals surface area contributed by atoms with Gasteiger partial charge in [0.15, 0.2) is 11.4 Å². The van der Waals surface area contributed by atoms with Gasteiger partial charge in [0.05, 0.1) is 6.10 Å². The average Bonchev–Trinajstić information content (AvgIpc) is 2.48. The van der Waals surface area contributed by atoms with Gasteiger partial charge in [-0.05, 0) is 58.3 Å². The van der Waals surface area contributed by atoms with Crippen LogP contribution >= 0.6 is 24.8 Å². The Hall–Kier alpha value is -1.04. The Kier molecular flexibility index (Phi) is 10.2. The number of halogens is 2. The van der Waals surface area contributed by atoms with Gasteiger partial charge in [0, 0.05) is 19.3 Å². The van der Waals surface area contributed by atoms with Gasteiger partial charge < -0.3 is 15.0 Å². The molecule has 1 aromatic heterocycles. The van der Waals surface area contributed by atoms with E-state index in [-0.39, 0.29) is 36.8 Å². The maximum atomic E-state index is 12.6. The summed E-state index contributed by atoms with van der Waals surface area (Å²) in [5.41, 5.74) is 0.429. The SMILES string of the molecule is CNCC1CCN(C(=O)c2ncccc2OC(C)C)CC1.Cl.Cl. The molecule has 1 aromatic rings. The molecule has 2 rings (SSSR count). The minimum atomic E-state index is -0.0193. The molecular weight excluding hydrogens is 337 g/mol. The molecule has 0 unspecified atom stereocenters. The first-order chi connectivity index (χ1) is 10.1. The van der Waals surface area contributed by atoms with E-state index in [9.17, 15) is 4.79 Å². The Bertz CT molecular complexity index is 478. The number of carbonyl (C=O) groups is 1. The van der Waals surface area contributed by atoms with E-state index in [2.05, 4.69) is 10.3 Å².